The lowest BCUT2D eigenvalue weighted by Gasteiger charge is -2.34. The highest BCUT2D eigenvalue weighted by atomic mass is 16.5. The second kappa shape index (κ2) is 13.2. The molecule has 4 rings (SSSR count). The molecule has 3 aromatic rings. The minimum Gasteiger partial charge on any atom is -0.453 e. The summed E-state index contributed by atoms with van der Waals surface area (Å²) in [6.45, 7) is 14.5. The first-order valence-electron chi connectivity index (χ1n) is 14.1. The lowest BCUT2D eigenvalue weighted by atomic mass is 10.0. The first-order chi connectivity index (χ1) is 19.3. The maximum atomic E-state index is 13.8. The van der Waals surface area contributed by atoms with Gasteiger partial charge in [-0.3, -0.25) is 15.0 Å². The molecule has 0 aliphatic carbocycles. The molecule has 2 heterocycles. The van der Waals surface area contributed by atoms with Crippen molar-refractivity contribution in [1.29, 1.82) is 0 Å². The minimum atomic E-state index is -0.507. The van der Waals surface area contributed by atoms with Crippen LogP contribution in [0.25, 0.3) is 10.9 Å². The van der Waals surface area contributed by atoms with Crippen LogP contribution in [-0.2, 0) is 22.6 Å². The van der Waals surface area contributed by atoms with Crippen LogP contribution in [0.3, 0.4) is 0 Å². The number of aryl methyl sites for hydroxylation is 3. The van der Waals surface area contributed by atoms with Crippen LogP contribution in [-0.4, -0.2) is 79.9 Å². The fraction of sp³-hybridized carbons (Fsp3) is 0.484. The highest BCUT2D eigenvalue weighted by Crippen LogP contribution is 2.34. The molecule has 2 amide bonds. The van der Waals surface area contributed by atoms with Crippen molar-refractivity contribution in [3.63, 3.8) is 0 Å². The van der Waals surface area contributed by atoms with E-state index in [1.165, 1.54) is 18.4 Å². The number of carbonyl (C=O) groups excluding carboxylic acids is 2. The second-order valence-electron chi connectivity index (χ2n) is 10.5. The topological polar surface area (TPSA) is 88.1 Å². The van der Waals surface area contributed by atoms with E-state index in [1.807, 2.05) is 36.1 Å². The van der Waals surface area contributed by atoms with Crippen molar-refractivity contribution in [3.8, 4) is 0 Å². The normalized spacial score (nSPS) is 14.0. The predicted octanol–water partition coefficient (Wildman–Crippen LogP) is 5.17. The molecule has 0 bridgehead atoms. The molecule has 1 saturated heterocycles. The zero-order valence-corrected chi connectivity index (χ0v) is 24.7. The fourth-order valence-corrected chi connectivity index (χ4v) is 5.51. The minimum absolute atomic E-state index is 0.0561. The first-order valence-corrected chi connectivity index (χ1v) is 14.1. The molecule has 0 atom stereocenters. The van der Waals surface area contributed by atoms with Gasteiger partial charge in [0.25, 0.3) is 5.91 Å². The summed E-state index contributed by atoms with van der Waals surface area (Å²) in [7, 11) is 3.07. The van der Waals surface area contributed by atoms with E-state index < -0.39 is 6.09 Å². The van der Waals surface area contributed by atoms with Gasteiger partial charge in [0.1, 0.15) is 0 Å². The molecule has 0 saturated carbocycles. The van der Waals surface area contributed by atoms with Gasteiger partial charge in [-0.25, -0.2) is 4.79 Å². The first kappa shape index (κ1) is 29.4. The zero-order chi connectivity index (χ0) is 28.8. The van der Waals surface area contributed by atoms with Crippen LogP contribution in [0, 0.1) is 20.8 Å². The SMILES string of the molecule is CCCn1c(C)c(C)c2cc(C(=O)N3CCN(CCOC)CC3)cc(NCc3c(C)cccc3NC(=O)OC)c21. The number of hydrogen-bond donors (Lipinski definition) is 2. The van der Waals surface area contributed by atoms with Gasteiger partial charge in [0.2, 0.25) is 0 Å². The molecule has 0 spiro atoms. The van der Waals surface area contributed by atoms with Crippen LogP contribution < -0.4 is 10.6 Å². The average molecular weight is 550 g/mol. The Balaban J connectivity index is 1.69. The molecule has 9 nitrogen and oxygen atoms in total. The van der Waals surface area contributed by atoms with Gasteiger partial charge in [-0.05, 0) is 62.1 Å². The summed E-state index contributed by atoms with van der Waals surface area (Å²) in [5, 5.41) is 7.56. The Kier molecular flexibility index (Phi) is 9.71. The van der Waals surface area contributed by atoms with Crippen LogP contribution >= 0.6 is 0 Å². The highest BCUT2D eigenvalue weighted by Gasteiger charge is 2.25. The van der Waals surface area contributed by atoms with Crippen molar-refractivity contribution in [2.24, 2.45) is 0 Å². The third kappa shape index (κ3) is 6.26. The van der Waals surface area contributed by atoms with E-state index >= 15 is 0 Å². The number of nitrogens with one attached hydrogen (secondary N) is 2. The third-order valence-corrected chi connectivity index (χ3v) is 7.98. The Bertz CT molecular complexity index is 1360. The van der Waals surface area contributed by atoms with Crippen molar-refractivity contribution in [2.45, 2.75) is 47.2 Å². The van der Waals surface area contributed by atoms with Crippen LogP contribution in [0.1, 0.15) is 46.1 Å². The largest absolute Gasteiger partial charge is 0.453 e. The van der Waals surface area contributed by atoms with Gasteiger partial charge in [-0.2, -0.15) is 0 Å². The summed E-state index contributed by atoms with van der Waals surface area (Å²) >= 11 is 0. The van der Waals surface area contributed by atoms with Gasteiger partial charge in [0.05, 0.1) is 24.9 Å². The van der Waals surface area contributed by atoms with Gasteiger partial charge in [-0.15, -0.1) is 0 Å². The van der Waals surface area contributed by atoms with E-state index in [0.717, 1.165) is 60.3 Å². The second-order valence-corrected chi connectivity index (χ2v) is 10.5. The molecular weight excluding hydrogens is 506 g/mol. The Morgan fingerprint density at radius 3 is 2.40 bits per heavy atom. The van der Waals surface area contributed by atoms with E-state index in [2.05, 4.69) is 46.9 Å². The Hall–Kier alpha value is -3.56. The van der Waals surface area contributed by atoms with E-state index in [4.69, 9.17) is 9.47 Å². The predicted molar refractivity (Wildman–Crippen MR) is 160 cm³/mol. The zero-order valence-electron chi connectivity index (χ0n) is 24.7. The quantitative estimate of drug-likeness (QED) is 0.363. The van der Waals surface area contributed by atoms with E-state index in [-0.39, 0.29) is 5.91 Å². The number of amides is 2. The van der Waals surface area contributed by atoms with Gasteiger partial charge in [0, 0.05) is 75.3 Å². The molecule has 1 aliphatic rings. The molecule has 0 unspecified atom stereocenters. The van der Waals surface area contributed by atoms with Crippen LogP contribution in [0.4, 0.5) is 16.2 Å². The average Bonchev–Trinajstić information content (AvgIpc) is 3.20. The molecule has 0 radical (unpaired) electrons. The lowest BCUT2D eigenvalue weighted by molar-refractivity contribution is 0.0594. The molecule has 2 aromatic carbocycles. The van der Waals surface area contributed by atoms with Crippen molar-refractivity contribution in [2.75, 3.05) is 64.2 Å². The smallest absolute Gasteiger partial charge is 0.411 e. The number of rotatable bonds is 10. The molecule has 9 heteroatoms. The Labute approximate surface area is 237 Å². The number of piperazine rings is 1. The summed E-state index contributed by atoms with van der Waals surface area (Å²) in [6.07, 6.45) is 0.495. The van der Waals surface area contributed by atoms with E-state index in [0.29, 0.717) is 37.5 Å². The number of benzene rings is 2. The van der Waals surface area contributed by atoms with Crippen molar-refractivity contribution >= 4 is 34.3 Å². The van der Waals surface area contributed by atoms with Gasteiger partial charge < -0.3 is 24.3 Å². The molecule has 1 aromatic heterocycles. The highest BCUT2D eigenvalue weighted by molar-refractivity contribution is 6.04. The number of fused-ring (bicyclic) bond motifs is 1. The van der Waals surface area contributed by atoms with Crippen molar-refractivity contribution < 1.29 is 19.1 Å². The van der Waals surface area contributed by atoms with Gasteiger partial charge >= 0.3 is 6.09 Å². The monoisotopic (exact) mass is 549 g/mol. The third-order valence-electron chi connectivity index (χ3n) is 7.98. The molecular formula is C31H43N5O4. The summed E-state index contributed by atoms with van der Waals surface area (Å²) in [6, 6.07) is 9.87. The standard InChI is InChI=1S/C31H43N5O4/c1-7-11-36-23(4)22(3)25-18-24(30(37)35-14-12-34(13-15-35)16-17-39-5)19-28(29(25)36)32-20-26-21(2)9-8-10-27(26)33-31(38)40-6/h8-10,18-19,32H,7,11-17,20H2,1-6H3,(H,33,38). The number of anilines is 2. The van der Waals surface area contributed by atoms with E-state index in [1.54, 1.807) is 7.11 Å². The van der Waals surface area contributed by atoms with Crippen LogP contribution in [0.15, 0.2) is 30.3 Å². The van der Waals surface area contributed by atoms with Gasteiger partial charge in [0.15, 0.2) is 0 Å². The van der Waals surface area contributed by atoms with E-state index in [9.17, 15) is 9.59 Å². The number of ether oxygens (including phenoxy) is 2. The maximum Gasteiger partial charge on any atom is 0.411 e. The van der Waals surface area contributed by atoms with Crippen LogP contribution in [0.5, 0.6) is 0 Å². The number of methoxy groups -OCH3 is 2. The van der Waals surface area contributed by atoms with Crippen molar-refractivity contribution in [3.05, 3.63) is 58.3 Å². The number of nitrogens with zero attached hydrogens (tertiary/aromatic N) is 3. The molecule has 1 aliphatic heterocycles. The van der Waals surface area contributed by atoms with Crippen molar-refractivity contribution in [1.82, 2.24) is 14.4 Å². The summed E-state index contributed by atoms with van der Waals surface area (Å²) in [4.78, 5) is 30.0. The molecule has 2 N–H and O–H groups in total. The molecule has 1 fully saturated rings. The molecule has 216 valence electrons. The molecule has 40 heavy (non-hydrogen) atoms. The summed E-state index contributed by atoms with van der Waals surface area (Å²) in [5.41, 5.74) is 7.82. The fourth-order valence-electron chi connectivity index (χ4n) is 5.51. The Morgan fingerprint density at radius 1 is 0.975 bits per heavy atom. The maximum absolute atomic E-state index is 13.8. The number of carbonyl (C=O) groups is 2. The Morgan fingerprint density at radius 2 is 1.73 bits per heavy atom. The number of hydrogen-bond acceptors (Lipinski definition) is 6. The number of aromatic nitrogens is 1. The summed E-state index contributed by atoms with van der Waals surface area (Å²) < 4.78 is 12.4. The van der Waals surface area contributed by atoms with Gasteiger partial charge in [-0.1, -0.05) is 19.1 Å². The summed E-state index contributed by atoms with van der Waals surface area (Å²) in [5.74, 6) is 0.0561. The van der Waals surface area contributed by atoms with Crippen LogP contribution in [0.2, 0.25) is 0 Å². The lowest BCUT2D eigenvalue weighted by Crippen LogP contribution is -2.49.